The molecule has 0 aliphatic heterocycles. The molecule has 24 heavy (non-hydrogen) atoms. The fourth-order valence-electron chi connectivity index (χ4n) is 2.38. The van der Waals surface area contributed by atoms with Crippen LogP contribution in [0.1, 0.15) is 23.1 Å². The molecular formula is C17H16N4OS2. The van der Waals surface area contributed by atoms with E-state index in [2.05, 4.69) is 16.0 Å². The van der Waals surface area contributed by atoms with Crippen LogP contribution in [0.2, 0.25) is 0 Å². The number of nitrogens with zero attached hydrogens (tertiary/aromatic N) is 4. The summed E-state index contributed by atoms with van der Waals surface area (Å²) >= 11 is 2.82. The standard InChI is InChI=1S/C17H16N4OS2/c1-10(8-18)23-17-20-15-14(11(2)12(3)24-15)16(22)21(17)9-13-6-4-5-7-19-13/h4-7,10H,9H2,1-3H3. The van der Waals surface area contributed by atoms with Crippen LogP contribution in [0.3, 0.4) is 0 Å². The number of nitriles is 1. The maximum absolute atomic E-state index is 13.1. The predicted molar refractivity (Wildman–Crippen MR) is 97.6 cm³/mol. The van der Waals surface area contributed by atoms with Crippen LogP contribution in [0.25, 0.3) is 10.2 Å². The Morgan fingerprint density at radius 1 is 1.42 bits per heavy atom. The van der Waals surface area contributed by atoms with E-state index in [0.29, 0.717) is 17.1 Å². The maximum atomic E-state index is 13.1. The minimum absolute atomic E-state index is 0.0693. The molecule has 0 aliphatic carbocycles. The van der Waals surface area contributed by atoms with Crippen LogP contribution >= 0.6 is 23.1 Å². The number of hydrogen-bond donors (Lipinski definition) is 0. The van der Waals surface area contributed by atoms with E-state index in [4.69, 9.17) is 5.26 Å². The van der Waals surface area contributed by atoms with E-state index in [1.165, 1.54) is 23.1 Å². The first kappa shape index (κ1) is 16.7. The summed E-state index contributed by atoms with van der Waals surface area (Å²) in [5.41, 5.74) is 1.70. The Hall–Kier alpha value is -2.17. The highest BCUT2D eigenvalue weighted by atomic mass is 32.2. The van der Waals surface area contributed by atoms with E-state index >= 15 is 0 Å². The monoisotopic (exact) mass is 356 g/mol. The minimum atomic E-state index is -0.286. The van der Waals surface area contributed by atoms with Gasteiger partial charge in [-0.2, -0.15) is 5.26 Å². The summed E-state index contributed by atoms with van der Waals surface area (Å²) in [5, 5.41) is 10.1. The van der Waals surface area contributed by atoms with Gasteiger partial charge in [-0.3, -0.25) is 14.3 Å². The lowest BCUT2D eigenvalue weighted by Gasteiger charge is -2.12. The Bertz CT molecular complexity index is 986. The molecule has 3 heterocycles. The van der Waals surface area contributed by atoms with E-state index in [0.717, 1.165) is 21.0 Å². The quantitative estimate of drug-likeness (QED) is 0.528. The second-order valence-electron chi connectivity index (χ2n) is 5.46. The number of hydrogen-bond acceptors (Lipinski definition) is 6. The van der Waals surface area contributed by atoms with Gasteiger partial charge in [0.25, 0.3) is 5.56 Å². The highest BCUT2D eigenvalue weighted by Gasteiger charge is 2.18. The molecular weight excluding hydrogens is 340 g/mol. The van der Waals surface area contributed by atoms with Gasteiger partial charge in [0.05, 0.1) is 28.9 Å². The molecule has 0 aromatic carbocycles. The van der Waals surface area contributed by atoms with Crippen molar-refractivity contribution in [3.8, 4) is 6.07 Å². The Morgan fingerprint density at radius 2 is 2.21 bits per heavy atom. The summed E-state index contributed by atoms with van der Waals surface area (Å²) < 4.78 is 1.63. The molecule has 0 radical (unpaired) electrons. The number of rotatable bonds is 4. The molecule has 0 N–H and O–H groups in total. The third-order valence-corrected chi connectivity index (χ3v) is 5.85. The Labute approximate surface area is 148 Å². The van der Waals surface area contributed by atoms with Gasteiger partial charge in [0.2, 0.25) is 0 Å². The number of pyridine rings is 1. The summed E-state index contributed by atoms with van der Waals surface area (Å²) in [6.07, 6.45) is 1.71. The van der Waals surface area contributed by atoms with Gasteiger partial charge in [-0.25, -0.2) is 4.98 Å². The molecule has 3 rings (SSSR count). The number of thioether (sulfide) groups is 1. The summed E-state index contributed by atoms with van der Waals surface area (Å²) in [6, 6.07) is 7.80. The van der Waals surface area contributed by atoms with Gasteiger partial charge in [0.15, 0.2) is 5.16 Å². The normalized spacial score (nSPS) is 12.2. The Kier molecular flexibility index (Phi) is 4.69. The van der Waals surface area contributed by atoms with Crippen LogP contribution in [0.15, 0.2) is 34.3 Å². The van der Waals surface area contributed by atoms with E-state index in [9.17, 15) is 4.79 Å². The topological polar surface area (TPSA) is 71.6 Å². The smallest absolute Gasteiger partial charge is 0.263 e. The van der Waals surface area contributed by atoms with Crippen LogP contribution in [0.4, 0.5) is 0 Å². The highest BCUT2D eigenvalue weighted by molar-refractivity contribution is 8.00. The first-order valence-corrected chi connectivity index (χ1v) is 9.17. The number of fused-ring (bicyclic) bond motifs is 1. The third kappa shape index (κ3) is 3.07. The molecule has 3 aromatic rings. The third-order valence-electron chi connectivity index (χ3n) is 3.76. The first-order valence-electron chi connectivity index (χ1n) is 7.48. The van der Waals surface area contributed by atoms with Crippen molar-refractivity contribution in [2.45, 2.75) is 37.7 Å². The molecule has 7 heteroatoms. The summed E-state index contributed by atoms with van der Waals surface area (Å²) in [7, 11) is 0. The van der Waals surface area contributed by atoms with Gasteiger partial charge in [0, 0.05) is 11.1 Å². The van der Waals surface area contributed by atoms with Gasteiger partial charge < -0.3 is 0 Å². The van der Waals surface area contributed by atoms with Crippen LogP contribution < -0.4 is 5.56 Å². The molecule has 0 spiro atoms. The lowest BCUT2D eigenvalue weighted by atomic mass is 10.2. The SMILES string of the molecule is Cc1sc2nc(SC(C)C#N)n(Cc3ccccn3)c(=O)c2c1C. The maximum Gasteiger partial charge on any atom is 0.263 e. The predicted octanol–water partition coefficient (Wildman–Crippen LogP) is 3.52. The zero-order valence-electron chi connectivity index (χ0n) is 13.6. The fraction of sp³-hybridized carbons (Fsp3) is 0.294. The molecule has 0 saturated carbocycles. The van der Waals surface area contributed by atoms with E-state index in [1.807, 2.05) is 32.0 Å². The molecule has 0 saturated heterocycles. The van der Waals surface area contributed by atoms with Crippen LogP contribution in [-0.2, 0) is 6.54 Å². The second kappa shape index (κ2) is 6.75. The van der Waals surface area contributed by atoms with Gasteiger partial charge in [-0.05, 0) is 38.5 Å². The highest BCUT2D eigenvalue weighted by Crippen LogP contribution is 2.29. The lowest BCUT2D eigenvalue weighted by molar-refractivity contribution is 0.647. The van der Waals surface area contributed by atoms with Crippen molar-refractivity contribution in [3.05, 3.63) is 50.9 Å². The zero-order chi connectivity index (χ0) is 17.3. The molecule has 0 bridgehead atoms. The Balaban J connectivity index is 2.21. The Morgan fingerprint density at radius 3 is 2.88 bits per heavy atom. The van der Waals surface area contributed by atoms with Crippen LogP contribution in [0.5, 0.6) is 0 Å². The van der Waals surface area contributed by atoms with Crippen molar-refractivity contribution >= 4 is 33.3 Å². The van der Waals surface area contributed by atoms with Crippen LogP contribution in [-0.4, -0.2) is 19.8 Å². The van der Waals surface area contributed by atoms with E-state index < -0.39 is 0 Å². The van der Waals surface area contributed by atoms with Gasteiger partial charge in [0.1, 0.15) is 4.83 Å². The number of thiophene rings is 1. The molecule has 1 atom stereocenters. The van der Waals surface area contributed by atoms with Crippen molar-refractivity contribution in [2.24, 2.45) is 0 Å². The van der Waals surface area contributed by atoms with Crippen molar-refractivity contribution in [1.29, 1.82) is 5.26 Å². The van der Waals surface area contributed by atoms with Crippen LogP contribution in [0, 0.1) is 25.2 Å². The van der Waals surface area contributed by atoms with Gasteiger partial charge >= 0.3 is 0 Å². The van der Waals surface area contributed by atoms with Crippen molar-refractivity contribution in [2.75, 3.05) is 0 Å². The molecule has 3 aromatic heterocycles. The molecule has 122 valence electrons. The molecule has 0 aliphatic rings. The van der Waals surface area contributed by atoms with Gasteiger partial charge in [-0.15, -0.1) is 11.3 Å². The van der Waals surface area contributed by atoms with Gasteiger partial charge in [-0.1, -0.05) is 17.8 Å². The first-order chi connectivity index (χ1) is 11.5. The van der Waals surface area contributed by atoms with Crippen molar-refractivity contribution in [3.63, 3.8) is 0 Å². The average Bonchev–Trinajstić information content (AvgIpc) is 2.86. The number of aromatic nitrogens is 3. The minimum Gasteiger partial charge on any atom is -0.281 e. The molecule has 0 fully saturated rings. The zero-order valence-corrected chi connectivity index (χ0v) is 15.2. The van der Waals surface area contributed by atoms with Crippen molar-refractivity contribution < 1.29 is 0 Å². The van der Waals surface area contributed by atoms with Crippen molar-refractivity contribution in [1.82, 2.24) is 14.5 Å². The largest absolute Gasteiger partial charge is 0.281 e. The number of aryl methyl sites for hydroxylation is 2. The molecule has 1 unspecified atom stereocenters. The molecule has 5 nitrogen and oxygen atoms in total. The summed E-state index contributed by atoms with van der Waals surface area (Å²) in [6.45, 7) is 6.09. The summed E-state index contributed by atoms with van der Waals surface area (Å²) in [5.74, 6) is 0. The molecule has 0 amide bonds. The average molecular weight is 356 g/mol. The summed E-state index contributed by atoms with van der Waals surface area (Å²) in [4.78, 5) is 23.9. The van der Waals surface area contributed by atoms with E-state index in [1.54, 1.807) is 17.7 Å². The second-order valence-corrected chi connectivity index (χ2v) is 7.97. The van der Waals surface area contributed by atoms with E-state index in [-0.39, 0.29) is 10.8 Å². The lowest BCUT2D eigenvalue weighted by Crippen LogP contribution is -2.24. The fourth-order valence-corrected chi connectivity index (χ4v) is 4.24.